The third kappa shape index (κ3) is 4.57. The number of para-hydroxylation sites is 1. The first kappa shape index (κ1) is 17.4. The van der Waals surface area contributed by atoms with Crippen molar-refractivity contribution in [2.75, 3.05) is 19.0 Å². The molecule has 0 aliphatic heterocycles. The van der Waals surface area contributed by atoms with Crippen LogP contribution < -0.4 is 15.0 Å². The summed E-state index contributed by atoms with van der Waals surface area (Å²) in [6, 6.07) is 18.3. The maximum absolute atomic E-state index is 12.3. The summed E-state index contributed by atoms with van der Waals surface area (Å²) in [5, 5.41) is 2.83. The lowest BCUT2D eigenvalue weighted by Gasteiger charge is -2.12. The Balaban J connectivity index is 1.59. The number of carbonyl (C=O) groups is 1. The van der Waals surface area contributed by atoms with Crippen LogP contribution in [0.3, 0.4) is 0 Å². The van der Waals surface area contributed by atoms with Crippen LogP contribution in [0.5, 0.6) is 11.5 Å². The second kappa shape index (κ2) is 8.11. The van der Waals surface area contributed by atoms with Gasteiger partial charge < -0.3 is 15.0 Å². The zero-order valence-electron chi connectivity index (χ0n) is 14.7. The van der Waals surface area contributed by atoms with Gasteiger partial charge in [0, 0.05) is 25.9 Å². The molecule has 0 bridgehead atoms. The number of benzene rings is 2. The van der Waals surface area contributed by atoms with Gasteiger partial charge >= 0.3 is 0 Å². The minimum atomic E-state index is -0.185. The minimum absolute atomic E-state index is 0.185. The molecule has 0 aliphatic carbocycles. The number of amides is 1. The topological polar surface area (TPSA) is 67.4 Å². The van der Waals surface area contributed by atoms with Gasteiger partial charge in [0.05, 0.1) is 6.54 Å². The molecule has 0 fully saturated rings. The Hall–Kier alpha value is -3.41. The Kier molecular flexibility index (Phi) is 5.43. The zero-order chi connectivity index (χ0) is 18.4. The predicted molar refractivity (Wildman–Crippen MR) is 100 cm³/mol. The Morgan fingerprint density at radius 2 is 1.69 bits per heavy atom. The maximum Gasteiger partial charge on any atom is 0.251 e. The van der Waals surface area contributed by atoms with Crippen molar-refractivity contribution >= 4 is 11.7 Å². The smallest absolute Gasteiger partial charge is 0.251 e. The van der Waals surface area contributed by atoms with Gasteiger partial charge in [0.2, 0.25) is 0 Å². The maximum atomic E-state index is 12.3. The highest BCUT2D eigenvalue weighted by Gasteiger charge is 2.08. The van der Waals surface area contributed by atoms with Gasteiger partial charge in [-0.2, -0.15) is 0 Å². The molecule has 3 aromatic rings. The fraction of sp³-hybridized carbons (Fsp3) is 0.150. The molecule has 0 atom stereocenters. The van der Waals surface area contributed by atoms with E-state index in [4.69, 9.17) is 4.74 Å². The molecular weight excluding hydrogens is 328 g/mol. The summed E-state index contributed by atoms with van der Waals surface area (Å²) >= 11 is 0. The predicted octanol–water partition coefficient (Wildman–Crippen LogP) is 3.26. The Morgan fingerprint density at radius 3 is 2.38 bits per heavy atom. The molecule has 0 radical (unpaired) electrons. The largest absolute Gasteiger partial charge is 0.457 e. The van der Waals surface area contributed by atoms with Gasteiger partial charge in [0.1, 0.15) is 23.1 Å². The fourth-order valence-electron chi connectivity index (χ4n) is 2.28. The summed E-state index contributed by atoms with van der Waals surface area (Å²) in [4.78, 5) is 22.7. The molecule has 0 aliphatic rings. The van der Waals surface area contributed by atoms with Crippen LogP contribution in [-0.4, -0.2) is 30.0 Å². The Morgan fingerprint density at radius 1 is 1.00 bits per heavy atom. The Labute approximate surface area is 152 Å². The lowest BCUT2D eigenvalue weighted by atomic mass is 10.2. The lowest BCUT2D eigenvalue weighted by molar-refractivity contribution is 0.0950. The zero-order valence-corrected chi connectivity index (χ0v) is 14.7. The van der Waals surface area contributed by atoms with Crippen LogP contribution >= 0.6 is 0 Å². The van der Waals surface area contributed by atoms with Crippen LogP contribution in [0.1, 0.15) is 16.2 Å². The van der Waals surface area contributed by atoms with Gasteiger partial charge in [-0.3, -0.25) is 4.79 Å². The molecule has 2 aromatic carbocycles. The standard InChI is InChI=1S/C20H20N4O2/c1-24(2)19-12-13-21-18(23-19)14-22-20(25)15-8-10-17(11-9-15)26-16-6-4-3-5-7-16/h3-13H,14H2,1-2H3,(H,22,25). The van der Waals surface area contributed by atoms with Crippen molar-refractivity contribution in [1.29, 1.82) is 0 Å². The quantitative estimate of drug-likeness (QED) is 0.740. The van der Waals surface area contributed by atoms with E-state index in [-0.39, 0.29) is 12.5 Å². The molecule has 6 nitrogen and oxygen atoms in total. The molecule has 1 N–H and O–H groups in total. The van der Waals surface area contributed by atoms with Crippen LogP contribution in [0.25, 0.3) is 0 Å². The summed E-state index contributed by atoms with van der Waals surface area (Å²) < 4.78 is 5.72. The number of nitrogens with one attached hydrogen (secondary N) is 1. The van der Waals surface area contributed by atoms with Crippen LogP contribution in [-0.2, 0) is 6.54 Å². The highest BCUT2D eigenvalue weighted by Crippen LogP contribution is 2.21. The lowest BCUT2D eigenvalue weighted by Crippen LogP contribution is -2.24. The molecule has 3 rings (SSSR count). The summed E-state index contributed by atoms with van der Waals surface area (Å²) in [7, 11) is 3.81. The number of nitrogens with zero attached hydrogens (tertiary/aromatic N) is 3. The average molecular weight is 348 g/mol. The van der Waals surface area contributed by atoms with Crippen LogP contribution in [0.15, 0.2) is 66.9 Å². The van der Waals surface area contributed by atoms with Crippen molar-refractivity contribution in [1.82, 2.24) is 15.3 Å². The monoisotopic (exact) mass is 348 g/mol. The summed E-state index contributed by atoms with van der Waals surface area (Å²) in [6.45, 7) is 0.267. The second-order valence-corrected chi connectivity index (χ2v) is 5.85. The highest BCUT2D eigenvalue weighted by atomic mass is 16.5. The van der Waals surface area contributed by atoms with Crippen LogP contribution in [0, 0.1) is 0 Å². The molecule has 6 heteroatoms. The van der Waals surface area contributed by atoms with E-state index in [1.165, 1.54) is 0 Å². The van der Waals surface area contributed by atoms with Gasteiger partial charge in [0.25, 0.3) is 5.91 Å². The van der Waals surface area contributed by atoms with E-state index < -0.39 is 0 Å². The van der Waals surface area contributed by atoms with Gasteiger partial charge in [-0.15, -0.1) is 0 Å². The molecular formula is C20H20N4O2. The summed E-state index contributed by atoms with van der Waals surface area (Å²) in [6.07, 6.45) is 1.68. The van der Waals surface area contributed by atoms with Crippen molar-refractivity contribution in [3.05, 3.63) is 78.2 Å². The molecule has 132 valence electrons. The first-order valence-electron chi connectivity index (χ1n) is 8.22. The van der Waals surface area contributed by atoms with Gasteiger partial charge in [-0.1, -0.05) is 18.2 Å². The van der Waals surface area contributed by atoms with E-state index in [2.05, 4.69) is 15.3 Å². The van der Waals surface area contributed by atoms with Gasteiger partial charge in [-0.25, -0.2) is 9.97 Å². The number of anilines is 1. The molecule has 1 amide bonds. The summed E-state index contributed by atoms with van der Waals surface area (Å²) in [5.41, 5.74) is 0.550. The Bertz CT molecular complexity index is 864. The van der Waals surface area contributed by atoms with E-state index in [1.807, 2.05) is 55.4 Å². The molecule has 1 aromatic heterocycles. The molecule has 0 spiro atoms. The third-order valence-electron chi connectivity index (χ3n) is 3.65. The second-order valence-electron chi connectivity index (χ2n) is 5.85. The molecule has 0 unspecified atom stereocenters. The average Bonchev–Trinajstić information content (AvgIpc) is 2.68. The first-order chi connectivity index (χ1) is 12.6. The van der Waals surface area contributed by atoms with Crippen molar-refractivity contribution < 1.29 is 9.53 Å². The van der Waals surface area contributed by atoms with Crippen molar-refractivity contribution in [2.24, 2.45) is 0 Å². The summed E-state index contributed by atoms with van der Waals surface area (Å²) in [5.74, 6) is 2.60. The number of aromatic nitrogens is 2. The van der Waals surface area contributed by atoms with Crippen LogP contribution in [0.4, 0.5) is 5.82 Å². The molecule has 0 saturated heterocycles. The van der Waals surface area contributed by atoms with Gasteiger partial charge in [0.15, 0.2) is 0 Å². The van der Waals surface area contributed by atoms with Crippen molar-refractivity contribution in [3.63, 3.8) is 0 Å². The SMILES string of the molecule is CN(C)c1ccnc(CNC(=O)c2ccc(Oc3ccccc3)cc2)n1. The molecule has 26 heavy (non-hydrogen) atoms. The van der Waals surface area contributed by atoms with E-state index in [1.54, 1.807) is 30.5 Å². The highest BCUT2D eigenvalue weighted by molar-refractivity contribution is 5.94. The normalized spacial score (nSPS) is 10.2. The number of hydrogen-bond acceptors (Lipinski definition) is 5. The number of ether oxygens (including phenoxy) is 1. The third-order valence-corrected chi connectivity index (χ3v) is 3.65. The van der Waals surface area contributed by atoms with E-state index >= 15 is 0 Å². The minimum Gasteiger partial charge on any atom is -0.457 e. The van der Waals surface area contributed by atoms with Crippen molar-refractivity contribution in [3.8, 4) is 11.5 Å². The van der Waals surface area contributed by atoms with Crippen LogP contribution in [0.2, 0.25) is 0 Å². The van der Waals surface area contributed by atoms with E-state index in [0.717, 1.165) is 11.6 Å². The number of carbonyl (C=O) groups excluding carboxylic acids is 1. The molecule has 0 saturated carbocycles. The molecule has 1 heterocycles. The van der Waals surface area contributed by atoms with Crippen molar-refractivity contribution in [2.45, 2.75) is 6.54 Å². The number of rotatable bonds is 6. The van der Waals surface area contributed by atoms with Gasteiger partial charge in [-0.05, 0) is 42.5 Å². The van der Waals surface area contributed by atoms with E-state index in [9.17, 15) is 4.79 Å². The number of hydrogen-bond donors (Lipinski definition) is 1. The van der Waals surface area contributed by atoms with E-state index in [0.29, 0.717) is 17.1 Å². The first-order valence-corrected chi connectivity index (χ1v) is 8.22. The fourth-order valence-corrected chi connectivity index (χ4v) is 2.28.